The lowest BCUT2D eigenvalue weighted by atomic mass is 10.1. The van der Waals surface area contributed by atoms with Gasteiger partial charge in [-0.05, 0) is 45.6 Å². The number of hydrogen-bond donors (Lipinski definition) is 0. The molecule has 2 aromatic heterocycles. The smallest absolute Gasteiger partial charge is 0.390 e. The average molecular weight is 530 g/mol. The second kappa shape index (κ2) is 9.94. The van der Waals surface area contributed by atoms with Crippen molar-refractivity contribution < 1.29 is 28.7 Å². The first-order valence-electron chi connectivity index (χ1n) is 12.2. The molecule has 0 bridgehead atoms. The Hall–Kier alpha value is -4.59. The number of aromatic nitrogens is 4. The van der Waals surface area contributed by atoms with Crippen LogP contribution in [0.25, 0.3) is 11.2 Å². The van der Waals surface area contributed by atoms with Crippen molar-refractivity contribution >= 4 is 34.7 Å². The van der Waals surface area contributed by atoms with Crippen LogP contribution in [-0.4, -0.2) is 61.4 Å². The zero-order valence-electron chi connectivity index (χ0n) is 20.6. The summed E-state index contributed by atoms with van der Waals surface area (Å²) in [4.78, 5) is 52.0. The fourth-order valence-corrected chi connectivity index (χ4v) is 4.85. The molecule has 13 nitrogen and oxygen atoms in total. The summed E-state index contributed by atoms with van der Waals surface area (Å²) in [6.45, 7) is 2.04. The predicted molar refractivity (Wildman–Crippen MR) is 135 cm³/mol. The molecule has 0 spiro atoms. The first-order valence-corrected chi connectivity index (χ1v) is 12.2. The van der Waals surface area contributed by atoms with E-state index in [4.69, 9.17) is 14.2 Å². The molecule has 2 fully saturated rings. The summed E-state index contributed by atoms with van der Waals surface area (Å²) < 4.78 is 19.1. The van der Waals surface area contributed by atoms with Crippen LogP contribution in [0.2, 0.25) is 0 Å². The van der Waals surface area contributed by atoms with E-state index in [-0.39, 0.29) is 47.1 Å². The number of benzene rings is 2. The molecule has 0 N–H and O–H groups in total. The number of nitrogens with zero attached hydrogens (tertiary/aromatic N) is 6. The highest BCUT2D eigenvalue weighted by atomic mass is 16.7. The summed E-state index contributed by atoms with van der Waals surface area (Å²) in [6, 6.07) is 16.2. The number of carbonyl (C=O) groups is 2. The van der Waals surface area contributed by atoms with Crippen molar-refractivity contribution in [1.82, 2.24) is 19.5 Å². The molecule has 4 heterocycles. The van der Waals surface area contributed by atoms with Gasteiger partial charge >= 0.3 is 5.95 Å². The van der Waals surface area contributed by atoms with E-state index in [1.165, 1.54) is 35.2 Å². The van der Waals surface area contributed by atoms with Crippen LogP contribution < -0.4 is 4.90 Å². The summed E-state index contributed by atoms with van der Waals surface area (Å²) >= 11 is 0. The average Bonchev–Trinajstić information content (AvgIpc) is 3.69. The van der Waals surface area contributed by atoms with Crippen LogP contribution in [0.4, 0.5) is 11.8 Å². The molecule has 6 rings (SSSR count). The maximum absolute atomic E-state index is 13.8. The quantitative estimate of drug-likeness (QED) is 0.206. The molecule has 4 aromatic rings. The monoisotopic (exact) mass is 530 g/mol. The molecule has 198 valence electrons. The summed E-state index contributed by atoms with van der Waals surface area (Å²) in [6.07, 6.45) is 0.179. The molecular weight excluding hydrogens is 508 g/mol. The Morgan fingerprint density at radius 2 is 1.62 bits per heavy atom. The van der Waals surface area contributed by atoms with Gasteiger partial charge in [0.25, 0.3) is 17.6 Å². The highest BCUT2D eigenvalue weighted by molar-refractivity contribution is 6.27. The van der Waals surface area contributed by atoms with Gasteiger partial charge in [0.2, 0.25) is 5.65 Å². The number of rotatable bonds is 6. The van der Waals surface area contributed by atoms with Gasteiger partial charge in [0.15, 0.2) is 11.7 Å². The molecule has 13 heteroatoms. The molecule has 2 saturated heterocycles. The maximum atomic E-state index is 13.8. The number of imidazole rings is 1. The summed E-state index contributed by atoms with van der Waals surface area (Å²) in [5.74, 6) is -2.59. The molecule has 39 heavy (non-hydrogen) atoms. The Kier molecular flexibility index (Phi) is 6.30. The number of fused-ring (bicyclic) bond motifs is 2. The van der Waals surface area contributed by atoms with Crippen molar-refractivity contribution in [2.45, 2.75) is 37.9 Å². The van der Waals surface area contributed by atoms with Crippen LogP contribution in [0.3, 0.4) is 0 Å². The van der Waals surface area contributed by atoms with Gasteiger partial charge in [-0.1, -0.05) is 43.3 Å². The van der Waals surface area contributed by atoms with Crippen molar-refractivity contribution in [3.8, 4) is 0 Å². The Labute approximate surface area is 221 Å². The lowest BCUT2D eigenvalue weighted by Gasteiger charge is -2.19. The van der Waals surface area contributed by atoms with Crippen LogP contribution in [-0.2, 0) is 14.2 Å². The van der Waals surface area contributed by atoms with E-state index in [0.717, 1.165) is 4.90 Å². The highest BCUT2D eigenvalue weighted by Gasteiger charge is 2.50. The Morgan fingerprint density at radius 3 is 2.21 bits per heavy atom. The number of anilines is 1. The number of nitro groups is 1. The van der Waals surface area contributed by atoms with Gasteiger partial charge in [-0.15, -0.1) is 0 Å². The lowest BCUT2D eigenvalue weighted by molar-refractivity contribution is -0.394. The van der Waals surface area contributed by atoms with E-state index >= 15 is 0 Å². The first-order chi connectivity index (χ1) is 19.0. The summed E-state index contributed by atoms with van der Waals surface area (Å²) in [5.41, 5.74) is 0.377. The van der Waals surface area contributed by atoms with E-state index in [0.29, 0.717) is 6.42 Å². The number of ether oxygens (including phenoxy) is 3. The van der Waals surface area contributed by atoms with Gasteiger partial charge in [-0.25, -0.2) is 9.88 Å². The molecule has 2 aliphatic rings. The SMILES string of the molecule is CC[C@H]1O[C@@H](n2cnc3c(N(C(=O)c4ccccc4)C(=O)c4ccccc4)nc([N+](=O)[O-])nc32)[C@@H]2OCO[C@@H]21. The normalized spacial score (nSPS) is 22.1. The molecule has 2 aliphatic heterocycles. The van der Waals surface area contributed by atoms with Gasteiger partial charge in [0, 0.05) is 11.1 Å². The van der Waals surface area contributed by atoms with Crippen molar-refractivity contribution in [2.24, 2.45) is 0 Å². The molecule has 4 atom stereocenters. The molecule has 2 amide bonds. The molecular formula is C26H22N6O7. The molecule has 0 saturated carbocycles. The van der Waals surface area contributed by atoms with Gasteiger partial charge < -0.3 is 24.3 Å². The zero-order chi connectivity index (χ0) is 27.1. The maximum Gasteiger partial charge on any atom is 0.473 e. The summed E-state index contributed by atoms with van der Waals surface area (Å²) in [5, 5.41) is 11.9. The van der Waals surface area contributed by atoms with Crippen LogP contribution in [0.15, 0.2) is 67.0 Å². The Morgan fingerprint density at radius 1 is 1.00 bits per heavy atom. The number of carbonyl (C=O) groups excluding carboxylic acids is 2. The van der Waals surface area contributed by atoms with Gasteiger partial charge in [0.05, 0.1) is 6.10 Å². The third kappa shape index (κ3) is 4.22. The Balaban J connectivity index is 1.54. The number of amides is 2. The minimum atomic E-state index is -0.809. The van der Waals surface area contributed by atoms with Crippen molar-refractivity contribution in [2.75, 3.05) is 11.7 Å². The zero-order valence-corrected chi connectivity index (χ0v) is 20.6. The number of imide groups is 1. The first kappa shape index (κ1) is 24.7. The largest absolute Gasteiger partial charge is 0.473 e. The van der Waals surface area contributed by atoms with E-state index in [1.54, 1.807) is 36.4 Å². The van der Waals surface area contributed by atoms with Crippen molar-refractivity contribution in [1.29, 1.82) is 0 Å². The van der Waals surface area contributed by atoms with Crippen LogP contribution in [0, 0.1) is 10.1 Å². The standard InChI is InChI=1S/C26H22N6O7/c1-2-17-19-20(38-14-37-19)25(39-17)30-13-27-18-21(30)28-26(32(35)36)29-22(18)31(23(33)15-9-5-3-6-10-15)24(34)16-11-7-4-8-12-16/h3-13,17,19-20,25H,2,14H2,1H3/t17-,19-,20-,25-/m1/s1. The second-order valence-corrected chi connectivity index (χ2v) is 8.96. The lowest BCUT2D eigenvalue weighted by Crippen LogP contribution is -2.38. The minimum Gasteiger partial charge on any atom is -0.390 e. The van der Waals surface area contributed by atoms with E-state index in [2.05, 4.69) is 15.0 Å². The van der Waals surface area contributed by atoms with Gasteiger partial charge in [0.1, 0.15) is 25.3 Å². The molecule has 0 aliphatic carbocycles. The van der Waals surface area contributed by atoms with Gasteiger partial charge in [-0.2, -0.15) is 0 Å². The molecule has 0 unspecified atom stereocenters. The topological polar surface area (TPSA) is 152 Å². The predicted octanol–water partition coefficient (Wildman–Crippen LogP) is 3.27. The third-order valence-electron chi connectivity index (χ3n) is 6.70. The molecule has 2 aromatic carbocycles. The number of hydrogen-bond acceptors (Lipinski definition) is 10. The van der Waals surface area contributed by atoms with E-state index < -0.39 is 35.0 Å². The van der Waals surface area contributed by atoms with Crippen molar-refractivity contribution in [3.63, 3.8) is 0 Å². The van der Waals surface area contributed by atoms with E-state index in [1.807, 2.05) is 6.92 Å². The van der Waals surface area contributed by atoms with E-state index in [9.17, 15) is 19.7 Å². The van der Waals surface area contributed by atoms with Crippen LogP contribution >= 0.6 is 0 Å². The third-order valence-corrected chi connectivity index (χ3v) is 6.70. The van der Waals surface area contributed by atoms with Crippen molar-refractivity contribution in [3.05, 3.63) is 88.2 Å². The highest BCUT2D eigenvalue weighted by Crippen LogP contribution is 2.40. The van der Waals surface area contributed by atoms with Crippen LogP contribution in [0.5, 0.6) is 0 Å². The fourth-order valence-electron chi connectivity index (χ4n) is 4.85. The second-order valence-electron chi connectivity index (χ2n) is 8.96. The fraction of sp³-hybridized carbons (Fsp3) is 0.269. The Bertz CT molecular complexity index is 1510. The summed E-state index contributed by atoms with van der Waals surface area (Å²) in [7, 11) is 0. The van der Waals surface area contributed by atoms with Gasteiger partial charge in [-0.3, -0.25) is 14.2 Å². The van der Waals surface area contributed by atoms with Crippen LogP contribution in [0.1, 0.15) is 40.3 Å². The minimum absolute atomic E-state index is 0.00757. The molecule has 0 radical (unpaired) electrons.